The number of halogens is 2. The predicted octanol–water partition coefficient (Wildman–Crippen LogP) is 6.38. The van der Waals surface area contributed by atoms with Crippen LogP contribution in [0.25, 0.3) is 0 Å². The van der Waals surface area contributed by atoms with Gasteiger partial charge in [-0.25, -0.2) is 4.79 Å². The van der Waals surface area contributed by atoms with Gasteiger partial charge in [-0.3, -0.25) is 0 Å². The van der Waals surface area contributed by atoms with Crippen LogP contribution in [0.1, 0.15) is 69.3 Å². The summed E-state index contributed by atoms with van der Waals surface area (Å²) in [6, 6.07) is 5.19. The first-order chi connectivity index (χ1) is 14.9. The molecule has 0 radical (unpaired) electrons. The van der Waals surface area contributed by atoms with E-state index in [9.17, 15) is 15.0 Å². The lowest BCUT2D eigenvalue weighted by Gasteiger charge is -2.56. The maximum atomic E-state index is 11.6. The van der Waals surface area contributed by atoms with Gasteiger partial charge in [0.1, 0.15) is 12.4 Å². The van der Waals surface area contributed by atoms with E-state index in [1.54, 1.807) is 18.2 Å². The molecule has 6 heteroatoms. The Bertz CT molecular complexity index is 938. The average molecular weight is 570 g/mol. The van der Waals surface area contributed by atoms with E-state index in [2.05, 4.69) is 58.7 Å². The van der Waals surface area contributed by atoms with Crippen molar-refractivity contribution in [1.82, 2.24) is 0 Å². The number of fused-ring (bicyclic) bond motifs is 2. The Kier molecular flexibility index (Phi) is 6.39. The Morgan fingerprint density at radius 3 is 2.59 bits per heavy atom. The van der Waals surface area contributed by atoms with Crippen LogP contribution in [-0.4, -0.2) is 38.0 Å². The zero-order valence-electron chi connectivity index (χ0n) is 19.3. The number of aromatic carboxylic acids is 1. The number of carboxylic acids is 1. The quantitative estimate of drug-likeness (QED) is 0.327. The van der Waals surface area contributed by atoms with Gasteiger partial charge in [0.2, 0.25) is 0 Å². The summed E-state index contributed by atoms with van der Waals surface area (Å²) in [6.45, 7) is 9.45. The molecule has 0 spiro atoms. The van der Waals surface area contributed by atoms with E-state index in [0.29, 0.717) is 17.0 Å². The molecule has 4 nitrogen and oxygen atoms in total. The summed E-state index contributed by atoms with van der Waals surface area (Å²) < 4.78 is 6.14. The first-order valence-corrected chi connectivity index (χ1v) is 13.4. The Labute approximate surface area is 208 Å². The summed E-state index contributed by atoms with van der Waals surface area (Å²) >= 11 is 7.93. The van der Waals surface area contributed by atoms with Crippen LogP contribution >= 0.6 is 31.9 Å². The molecule has 2 aliphatic carbocycles. The van der Waals surface area contributed by atoms with Crippen LogP contribution in [0.3, 0.4) is 0 Å². The van der Waals surface area contributed by atoms with Gasteiger partial charge in [-0.05, 0) is 91.0 Å². The fourth-order valence-electron chi connectivity index (χ4n) is 6.40. The van der Waals surface area contributed by atoms with Crippen molar-refractivity contribution in [2.45, 2.75) is 75.1 Å². The summed E-state index contributed by atoms with van der Waals surface area (Å²) in [6.07, 6.45) is 6.62. The Morgan fingerprint density at radius 1 is 1.19 bits per heavy atom. The minimum Gasteiger partial charge on any atom is -0.489 e. The van der Waals surface area contributed by atoms with Gasteiger partial charge >= 0.3 is 5.97 Å². The molecule has 0 amide bonds. The Morgan fingerprint density at radius 2 is 1.91 bits per heavy atom. The van der Waals surface area contributed by atoms with E-state index >= 15 is 0 Å². The minimum absolute atomic E-state index is 0.0472. The molecular weight excluding hydrogens is 536 g/mol. The van der Waals surface area contributed by atoms with Crippen molar-refractivity contribution in [3.63, 3.8) is 0 Å². The second-order valence-electron chi connectivity index (χ2n) is 11.1. The molecule has 6 atom stereocenters. The van der Waals surface area contributed by atoms with Crippen molar-refractivity contribution in [2.24, 2.45) is 22.7 Å². The molecule has 0 bridgehead atoms. The number of ether oxygens (including phenoxy) is 1. The zero-order valence-corrected chi connectivity index (χ0v) is 22.5. The Hall–Kier alpha value is -0.850. The van der Waals surface area contributed by atoms with Gasteiger partial charge in [0.25, 0.3) is 0 Å². The molecule has 176 valence electrons. The SMILES string of the molecule is CC1(C)[C@@H](Br)CC[C@](C)(O)[C@H]1C[C@@]1(C)[C@@H]2Cc3cc(C(=O)O)ccc3OCC2=CC[C@@H]1Br. The molecule has 4 rings (SSSR count). The van der Waals surface area contributed by atoms with Crippen LogP contribution in [0.2, 0.25) is 0 Å². The predicted molar refractivity (Wildman–Crippen MR) is 134 cm³/mol. The van der Waals surface area contributed by atoms with Gasteiger partial charge in [-0.15, -0.1) is 0 Å². The lowest BCUT2D eigenvalue weighted by atomic mass is 9.53. The van der Waals surface area contributed by atoms with E-state index in [1.165, 1.54) is 5.57 Å². The summed E-state index contributed by atoms with van der Waals surface area (Å²) in [4.78, 5) is 12.2. The standard InChI is InChI=1S/C26H34Br2O4/c1-24(2)20(26(4,31)10-9-21(24)27)13-25(3)18-12-17-11-15(23(29)30)5-7-19(17)32-14-16(18)6-8-22(25)28/h5-7,11,18,20-22,31H,8-10,12-14H2,1-4H3,(H,29,30)/t18-,20+,21+,22+,25+,26+/m1/s1. The fraction of sp³-hybridized carbons (Fsp3) is 0.654. The van der Waals surface area contributed by atoms with Gasteiger partial charge in [-0.2, -0.15) is 0 Å². The van der Waals surface area contributed by atoms with Crippen molar-refractivity contribution in [1.29, 1.82) is 0 Å². The van der Waals surface area contributed by atoms with Gasteiger partial charge in [0.15, 0.2) is 0 Å². The van der Waals surface area contributed by atoms with Crippen LogP contribution in [0.5, 0.6) is 5.75 Å². The largest absolute Gasteiger partial charge is 0.489 e. The first-order valence-electron chi connectivity index (χ1n) is 11.5. The van der Waals surface area contributed by atoms with Crippen LogP contribution < -0.4 is 4.74 Å². The van der Waals surface area contributed by atoms with E-state index in [-0.39, 0.29) is 27.5 Å². The number of aliphatic hydroxyl groups is 1. The number of carbonyl (C=O) groups is 1. The summed E-state index contributed by atoms with van der Waals surface area (Å²) in [5.41, 5.74) is 1.67. The molecular formula is C26H34Br2O4. The lowest BCUT2D eigenvalue weighted by molar-refractivity contribution is -0.106. The molecule has 0 saturated heterocycles. The second kappa shape index (κ2) is 8.42. The minimum atomic E-state index is -0.916. The third-order valence-electron chi connectivity index (χ3n) is 8.68. The monoisotopic (exact) mass is 568 g/mol. The number of rotatable bonds is 3. The van der Waals surface area contributed by atoms with Crippen LogP contribution in [-0.2, 0) is 6.42 Å². The molecule has 1 saturated carbocycles. The number of carboxylic acid groups (broad SMARTS) is 1. The number of hydrogen-bond acceptors (Lipinski definition) is 3. The smallest absolute Gasteiger partial charge is 0.335 e. The zero-order chi connectivity index (χ0) is 23.5. The molecule has 0 unspecified atom stereocenters. The highest BCUT2D eigenvalue weighted by Crippen LogP contribution is 2.58. The molecule has 2 N–H and O–H groups in total. The molecule has 1 fully saturated rings. The molecule has 1 aromatic rings. The fourth-order valence-corrected chi connectivity index (χ4v) is 7.64. The van der Waals surface area contributed by atoms with Crippen LogP contribution in [0, 0.1) is 22.7 Å². The highest BCUT2D eigenvalue weighted by atomic mass is 79.9. The van der Waals surface area contributed by atoms with Crippen molar-refractivity contribution >= 4 is 37.8 Å². The van der Waals surface area contributed by atoms with Gasteiger partial charge in [0.05, 0.1) is 11.2 Å². The van der Waals surface area contributed by atoms with E-state index in [0.717, 1.165) is 43.4 Å². The molecule has 1 aromatic carbocycles. The third kappa shape index (κ3) is 4.09. The summed E-state index contributed by atoms with van der Waals surface area (Å²) in [5, 5.41) is 21.0. The van der Waals surface area contributed by atoms with Crippen LogP contribution in [0.15, 0.2) is 29.8 Å². The van der Waals surface area contributed by atoms with Crippen molar-refractivity contribution in [3.05, 3.63) is 41.0 Å². The lowest BCUT2D eigenvalue weighted by Crippen LogP contribution is -2.55. The average Bonchev–Trinajstić information content (AvgIpc) is 2.91. The third-order valence-corrected chi connectivity index (χ3v) is 11.7. The van der Waals surface area contributed by atoms with Crippen molar-refractivity contribution < 1.29 is 19.7 Å². The van der Waals surface area contributed by atoms with E-state index in [4.69, 9.17) is 4.74 Å². The normalized spacial score (nSPS) is 38.5. The number of benzene rings is 1. The van der Waals surface area contributed by atoms with Gasteiger partial charge in [0, 0.05) is 9.65 Å². The molecule has 32 heavy (non-hydrogen) atoms. The topological polar surface area (TPSA) is 66.8 Å². The maximum absolute atomic E-state index is 11.6. The number of allylic oxidation sites excluding steroid dienone is 1. The summed E-state index contributed by atoms with van der Waals surface area (Å²) in [7, 11) is 0. The summed E-state index contributed by atoms with van der Waals surface area (Å²) in [5.74, 6) is 0.213. The molecule has 1 heterocycles. The number of alkyl halides is 2. The van der Waals surface area contributed by atoms with Gasteiger partial charge < -0.3 is 14.9 Å². The van der Waals surface area contributed by atoms with Crippen LogP contribution in [0.4, 0.5) is 0 Å². The Balaban J connectivity index is 1.73. The second-order valence-corrected chi connectivity index (χ2v) is 13.3. The first kappa shape index (κ1) is 24.3. The van der Waals surface area contributed by atoms with E-state index < -0.39 is 11.6 Å². The maximum Gasteiger partial charge on any atom is 0.335 e. The van der Waals surface area contributed by atoms with Crippen molar-refractivity contribution in [3.8, 4) is 5.75 Å². The molecule has 0 aromatic heterocycles. The highest BCUT2D eigenvalue weighted by molar-refractivity contribution is 9.09. The van der Waals surface area contributed by atoms with Gasteiger partial charge in [-0.1, -0.05) is 58.7 Å². The molecule has 3 aliphatic rings. The van der Waals surface area contributed by atoms with E-state index in [1.807, 2.05) is 6.92 Å². The highest BCUT2D eigenvalue weighted by Gasteiger charge is 2.55. The number of hydrogen-bond donors (Lipinski definition) is 2. The molecule has 1 aliphatic heterocycles. The van der Waals surface area contributed by atoms with Crippen molar-refractivity contribution in [2.75, 3.05) is 6.61 Å².